The van der Waals surface area contributed by atoms with E-state index in [1.165, 1.54) is 0 Å². The second kappa shape index (κ2) is 6.65. The van der Waals surface area contributed by atoms with Crippen molar-refractivity contribution in [3.8, 4) is 0 Å². The highest BCUT2D eigenvalue weighted by Gasteiger charge is 2.14. The second-order valence-corrected chi connectivity index (χ2v) is 12.0. The van der Waals surface area contributed by atoms with Crippen molar-refractivity contribution in [2.75, 3.05) is 6.61 Å². The smallest absolute Gasteiger partial charge is 0.140 e. The van der Waals surface area contributed by atoms with Crippen LogP contribution in [0.5, 0.6) is 0 Å². The van der Waals surface area contributed by atoms with Gasteiger partial charge in [0.25, 0.3) is 0 Å². The number of rotatable bonds is 7. The van der Waals surface area contributed by atoms with Crippen molar-refractivity contribution in [1.29, 1.82) is 0 Å². The molecule has 0 fully saturated rings. The molecule has 0 amide bonds. The molecule has 0 atom stereocenters. The summed E-state index contributed by atoms with van der Waals surface area (Å²) in [4.78, 5) is 4.22. The van der Waals surface area contributed by atoms with Gasteiger partial charge in [-0.2, -0.15) is 5.10 Å². The van der Waals surface area contributed by atoms with Crippen molar-refractivity contribution < 1.29 is 9.84 Å². The normalized spacial score (nSPS) is 12.2. The molecule has 21 heavy (non-hydrogen) atoms. The first-order valence-electron chi connectivity index (χ1n) is 7.17. The molecule has 2 aromatic rings. The van der Waals surface area contributed by atoms with Crippen LogP contribution in [-0.4, -0.2) is 34.6 Å². The lowest BCUT2D eigenvalue weighted by molar-refractivity contribution is 0.0816. The Hall–Kier alpha value is -1.28. The topological polar surface area (TPSA) is 86.2 Å². The Morgan fingerprint density at radius 1 is 1.33 bits per heavy atom. The van der Waals surface area contributed by atoms with Crippen LogP contribution >= 0.6 is 0 Å². The minimum absolute atomic E-state index is 0.108. The Labute approximate surface area is 125 Å². The van der Waals surface area contributed by atoms with Gasteiger partial charge in [0.2, 0.25) is 0 Å². The van der Waals surface area contributed by atoms with Crippen molar-refractivity contribution >= 4 is 19.0 Å². The Bertz CT molecular complexity index is 607. The number of nitrogens with two attached hydrogens (primary N) is 1. The molecule has 3 N–H and O–H groups in total. The maximum atomic E-state index is 9.35. The van der Waals surface area contributed by atoms with Gasteiger partial charge in [-0.05, 0) is 6.04 Å². The number of aromatic nitrogens is 3. The third kappa shape index (κ3) is 3.88. The standard InChI is InChI=1S/C14H24N4O2Si/c1-21(2,3)5-4-20-10-18-14-11(6-15)7-16-13(9-19)12(14)8-17-18/h7-8,19H,4-6,9-10,15H2,1-3H3. The van der Waals surface area contributed by atoms with E-state index >= 15 is 0 Å². The molecule has 2 aromatic heterocycles. The largest absolute Gasteiger partial charge is 0.390 e. The minimum Gasteiger partial charge on any atom is -0.390 e. The molecular weight excluding hydrogens is 284 g/mol. The Morgan fingerprint density at radius 2 is 2.10 bits per heavy atom. The van der Waals surface area contributed by atoms with E-state index in [4.69, 9.17) is 10.5 Å². The van der Waals surface area contributed by atoms with Gasteiger partial charge in [-0.15, -0.1) is 0 Å². The molecule has 116 valence electrons. The molecule has 0 unspecified atom stereocenters. The molecule has 0 aliphatic heterocycles. The molecule has 7 heteroatoms. The summed E-state index contributed by atoms with van der Waals surface area (Å²) in [6.07, 6.45) is 3.42. The van der Waals surface area contributed by atoms with Crippen molar-refractivity contribution in [1.82, 2.24) is 14.8 Å². The molecular formula is C14H24N4O2Si. The Morgan fingerprint density at radius 3 is 2.71 bits per heavy atom. The summed E-state index contributed by atoms with van der Waals surface area (Å²) in [7, 11) is -1.08. The summed E-state index contributed by atoms with van der Waals surface area (Å²) in [5.74, 6) is 0. The minimum atomic E-state index is -1.08. The quantitative estimate of drug-likeness (QED) is 0.600. The molecule has 0 spiro atoms. The fraction of sp³-hybridized carbons (Fsp3) is 0.571. The summed E-state index contributed by atoms with van der Waals surface area (Å²) in [5.41, 5.74) is 8.21. The summed E-state index contributed by atoms with van der Waals surface area (Å²) in [6, 6.07) is 1.12. The third-order valence-corrected chi connectivity index (χ3v) is 5.11. The van der Waals surface area contributed by atoms with Gasteiger partial charge >= 0.3 is 0 Å². The van der Waals surface area contributed by atoms with Gasteiger partial charge in [-0.3, -0.25) is 4.98 Å². The van der Waals surface area contributed by atoms with Crippen LogP contribution in [0.1, 0.15) is 11.3 Å². The molecule has 0 saturated heterocycles. The number of aliphatic hydroxyl groups is 1. The number of nitrogens with zero attached hydrogens (tertiary/aromatic N) is 3. The molecule has 0 bridgehead atoms. The van der Waals surface area contributed by atoms with E-state index in [0.717, 1.165) is 29.1 Å². The highest BCUT2D eigenvalue weighted by molar-refractivity contribution is 6.76. The Kier molecular flexibility index (Phi) is 5.10. The fourth-order valence-electron chi connectivity index (χ4n) is 2.12. The summed E-state index contributed by atoms with van der Waals surface area (Å²) < 4.78 is 7.54. The maximum absolute atomic E-state index is 9.35. The van der Waals surface area contributed by atoms with Crippen LogP contribution in [-0.2, 0) is 24.6 Å². The van der Waals surface area contributed by atoms with E-state index in [1.54, 1.807) is 17.1 Å². The van der Waals surface area contributed by atoms with E-state index in [-0.39, 0.29) is 6.61 Å². The van der Waals surface area contributed by atoms with Crippen LogP contribution in [0.3, 0.4) is 0 Å². The molecule has 0 aliphatic rings. The third-order valence-electron chi connectivity index (χ3n) is 3.41. The zero-order valence-corrected chi connectivity index (χ0v) is 14.0. The number of hydrogen-bond donors (Lipinski definition) is 2. The van der Waals surface area contributed by atoms with Crippen LogP contribution < -0.4 is 5.73 Å². The van der Waals surface area contributed by atoms with Crippen LogP contribution in [0.15, 0.2) is 12.4 Å². The van der Waals surface area contributed by atoms with Gasteiger partial charge in [-0.1, -0.05) is 19.6 Å². The predicted molar refractivity (Wildman–Crippen MR) is 85.4 cm³/mol. The SMILES string of the molecule is C[Si](C)(C)CCOCn1ncc2c(CO)ncc(CN)c21. The van der Waals surface area contributed by atoms with Crippen molar-refractivity contribution in [2.24, 2.45) is 5.73 Å². The van der Waals surface area contributed by atoms with Crippen molar-refractivity contribution in [3.05, 3.63) is 23.7 Å². The van der Waals surface area contributed by atoms with Crippen molar-refractivity contribution in [3.63, 3.8) is 0 Å². The lowest BCUT2D eigenvalue weighted by atomic mass is 10.1. The molecule has 6 nitrogen and oxygen atoms in total. The number of fused-ring (bicyclic) bond motifs is 1. The van der Waals surface area contributed by atoms with Gasteiger partial charge in [0, 0.05) is 38.4 Å². The van der Waals surface area contributed by atoms with E-state index in [9.17, 15) is 5.11 Å². The predicted octanol–water partition coefficient (Wildman–Crippen LogP) is 1.69. The molecule has 0 aliphatic carbocycles. The first-order valence-corrected chi connectivity index (χ1v) is 10.9. The van der Waals surface area contributed by atoms with Gasteiger partial charge in [0.15, 0.2) is 0 Å². The van der Waals surface area contributed by atoms with Crippen LogP contribution in [0.2, 0.25) is 25.7 Å². The van der Waals surface area contributed by atoms with E-state index < -0.39 is 8.07 Å². The zero-order chi connectivity index (χ0) is 15.5. The first kappa shape index (κ1) is 16.1. The van der Waals surface area contributed by atoms with E-state index in [0.29, 0.717) is 19.0 Å². The maximum Gasteiger partial charge on any atom is 0.140 e. The first-order chi connectivity index (χ1) is 9.96. The zero-order valence-electron chi connectivity index (χ0n) is 13.0. The molecule has 0 aromatic carbocycles. The highest BCUT2D eigenvalue weighted by Crippen LogP contribution is 2.21. The molecule has 0 saturated carbocycles. The van der Waals surface area contributed by atoms with Gasteiger partial charge < -0.3 is 15.6 Å². The number of hydrogen-bond acceptors (Lipinski definition) is 5. The van der Waals surface area contributed by atoms with E-state index in [2.05, 4.69) is 29.7 Å². The van der Waals surface area contributed by atoms with Gasteiger partial charge in [-0.25, -0.2) is 4.68 Å². The molecule has 2 heterocycles. The number of aliphatic hydroxyl groups excluding tert-OH is 1. The molecule has 2 rings (SSSR count). The van der Waals surface area contributed by atoms with E-state index in [1.807, 2.05) is 0 Å². The highest BCUT2D eigenvalue weighted by atomic mass is 28.3. The monoisotopic (exact) mass is 308 g/mol. The van der Waals surface area contributed by atoms with Crippen LogP contribution in [0, 0.1) is 0 Å². The van der Waals surface area contributed by atoms with Crippen molar-refractivity contribution in [2.45, 2.75) is 45.6 Å². The second-order valence-electron chi connectivity index (χ2n) is 6.35. The lowest BCUT2D eigenvalue weighted by Crippen LogP contribution is -2.22. The number of pyridine rings is 1. The summed E-state index contributed by atoms with van der Waals surface area (Å²) in [6.45, 7) is 8.39. The van der Waals surface area contributed by atoms with Gasteiger partial charge in [0.05, 0.1) is 24.0 Å². The fourth-order valence-corrected chi connectivity index (χ4v) is 2.88. The number of ether oxygens (including phenoxy) is 1. The van der Waals surface area contributed by atoms with Crippen LogP contribution in [0.25, 0.3) is 10.9 Å². The summed E-state index contributed by atoms with van der Waals surface area (Å²) >= 11 is 0. The Balaban J connectivity index is 2.17. The summed E-state index contributed by atoms with van der Waals surface area (Å²) in [5, 5.41) is 14.5. The average molecular weight is 308 g/mol. The van der Waals surface area contributed by atoms with Gasteiger partial charge in [0.1, 0.15) is 6.73 Å². The average Bonchev–Trinajstić information content (AvgIpc) is 2.86. The molecule has 0 radical (unpaired) electrons. The van der Waals surface area contributed by atoms with Crippen LogP contribution in [0.4, 0.5) is 0 Å². The lowest BCUT2D eigenvalue weighted by Gasteiger charge is -2.15.